The predicted octanol–water partition coefficient (Wildman–Crippen LogP) is 4.68. The third kappa shape index (κ3) is 3.97. The quantitative estimate of drug-likeness (QED) is 0.433. The summed E-state index contributed by atoms with van der Waals surface area (Å²) in [6, 6.07) is 7.98. The lowest BCUT2D eigenvalue weighted by atomic mass is 10.1. The number of fused-ring (bicyclic) bond motifs is 1. The Morgan fingerprint density at radius 2 is 2.14 bits per heavy atom. The number of aromatic nitrogens is 1. The Hall–Kier alpha value is -2.51. The van der Waals surface area contributed by atoms with E-state index in [1.165, 1.54) is 12.1 Å². The second-order valence-corrected chi connectivity index (χ2v) is 8.38. The van der Waals surface area contributed by atoms with E-state index < -0.39 is 5.97 Å². The molecule has 0 saturated carbocycles. The molecule has 0 N–H and O–H groups in total. The van der Waals surface area contributed by atoms with E-state index in [9.17, 15) is 14.0 Å². The molecule has 152 valence electrons. The molecule has 1 aromatic carbocycles. The zero-order chi connectivity index (χ0) is 20.5. The maximum atomic E-state index is 13.8. The molecule has 7 heteroatoms. The van der Waals surface area contributed by atoms with Gasteiger partial charge in [-0.3, -0.25) is 4.79 Å². The maximum absolute atomic E-state index is 13.8. The topological polar surface area (TPSA) is 57.5 Å². The van der Waals surface area contributed by atoms with Gasteiger partial charge in [0.1, 0.15) is 10.7 Å². The molecule has 0 amide bonds. The number of ether oxygens (including phenoxy) is 2. The Morgan fingerprint density at radius 1 is 1.31 bits per heavy atom. The van der Waals surface area contributed by atoms with Gasteiger partial charge in [0.05, 0.1) is 6.10 Å². The van der Waals surface area contributed by atoms with Crippen LogP contribution in [0, 0.1) is 19.7 Å². The Kier molecular flexibility index (Phi) is 5.52. The van der Waals surface area contributed by atoms with Gasteiger partial charge in [-0.2, -0.15) is 0 Å². The number of hydrogen-bond donors (Lipinski definition) is 0. The highest BCUT2D eigenvalue weighted by Crippen LogP contribution is 2.28. The first kappa shape index (κ1) is 19.8. The van der Waals surface area contributed by atoms with E-state index in [2.05, 4.69) is 4.57 Å². The summed E-state index contributed by atoms with van der Waals surface area (Å²) in [6.07, 6.45) is 2.26. The number of benzene rings is 1. The van der Waals surface area contributed by atoms with Crippen molar-refractivity contribution in [3.63, 3.8) is 0 Å². The smallest absolute Gasteiger partial charge is 0.348 e. The molecule has 29 heavy (non-hydrogen) atoms. The Morgan fingerprint density at radius 3 is 2.86 bits per heavy atom. The highest BCUT2D eigenvalue weighted by molar-refractivity contribution is 7.20. The van der Waals surface area contributed by atoms with Gasteiger partial charge >= 0.3 is 5.97 Å². The van der Waals surface area contributed by atoms with Crippen LogP contribution in [0.15, 0.2) is 30.3 Å². The van der Waals surface area contributed by atoms with Gasteiger partial charge in [0.15, 0.2) is 6.61 Å². The first-order valence-electron chi connectivity index (χ1n) is 9.60. The van der Waals surface area contributed by atoms with Crippen LogP contribution in [0.5, 0.6) is 0 Å². The normalized spacial score (nSPS) is 16.4. The third-order valence-corrected chi connectivity index (χ3v) is 6.41. The highest BCUT2D eigenvalue weighted by Gasteiger charge is 2.22. The van der Waals surface area contributed by atoms with Crippen molar-refractivity contribution in [1.29, 1.82) is 0 Å². The van der Waals surface area contributed by atoms with Gasteiger partial charge in [-0.1, -0.05) is 6.07 Å². The minimum atomic E-state index is -0.618. The lowest BCUT2D eigenvalue weighted by molar-refractivity contribution is 0.0479. The minimum absolute atomic E-state index is 0.175. The largest absolute Gasteiger partial charge is 0.453 e. The SMILES string of the molecule is Cc1cc(C(=O)COC(=O)c2cc3c(F)cccc3s2)c(C)n1C[C@H]1CCCO1. The number of rotatable bonds is 6. The number of nitrogens with zero attached hydrogens (tertiary/aromatic N) is 1. The van der Waals surface area contributed by atoms with Gasteiger partial charge in [-0.05, 0) is 51.0 Å². The van der Waals surface area contributed by atoms with E-state index in [1.54, 1.807) is 12.1 Å². The van der Waals surface area contributed by atoms with Crippen LogP contribution in [0.1, 0.15) is 44.3 Å². The summed E-state index contributed by atoms with van der Waals surface area (Å²) in [6.45, 7) is 5.01. The van der Waals surface area contributed by atoms with E-state index in [0.29, 0.717) is 15.6 Å². The second kappa shape index (κ2) is 8.08. The Balaban J connectivity index is 1.43. The Labute approximate surface area is 172 Å². The molecule has 1 aliphatic heterocycles. The number of carbonyl (C=O) groups excluding carboxylic acids is 2. The molecule has 1 atom stereocenters. The second-order valence-electron chi connectivity index (χ2n) is 7.29. The van der Waals surface area contributed by atoms with E-state index >= 15 is 0 Å². The molecule has 1 aliphatic rings. The molecule has 4 rings (SSSR count). The van der Waals surface area contributed by atoms with Crippen molar-refractivity contribution in [3.8, 4) is 0 Å². The lowest BCUT2D eigenvalue weighted by Crippen LogP contribution is -2.18. The van der Waals surface area contributed by atoms with Crippen LogP contribution >= 0.6 is 11.3 Å². The standard InChI is InChI=1S/C22H22FNO4S/c1-13-9-16(14(2)24(13)11-15-5-4-8-27-15)19(25)12-28-22(26)21-10-17-18(23)6-3-7-20(17)29-21/h3,6-7,9-10,15H,4-5,8,11-12H2,1-2H3/t15-/m1/s1. The summed E-state index contributed by atoms with van der Waals surface area (Å²) in [5.41, 5.74) is 2.38. The molecule has 5 nitrogen and oxygen atoms in total. The van der Waals surface area contributed by atoms with Crippen molar-refractivity contribution in [2.45, 2.75) is 39.3 Å². The van der Waals surface area contributed by atoms with Gasteiger partial charge < -0.3 is 14.0 Å². The van der Waals surface area contributed by atoms with Crippen molar-refractivity contribution in [1.82, 2.24) is 4.57 Å². The van der Waals surface area contributed by atoms with Gasteiger partial charge in [0.2, 0.25) is 5.78 Å². The summed E-state index contributed by atoms with van der Waals surface area (Å²) in [5.74, 6) is -1.25. The van der Waals surface area contributed by atoms with Crippen molar-refractivity contribution in [2.24, 2.45) is 0 Å². The zero-order valence-electron chi connectivity index (χ0n) is 16.4. The fraction of sp³-hybridized carbons (Fsp3) is 0.364. The number of aryl methyl sites for hydroxylation is 1. The monoisotopic (exact) mass is 415 g/mol. The van der Waals surface area contributed by atoms with Gasteiger partial charge in [0, 0.05) is 40.2 Å². The number of thiophene rings is 1. The van der Waals surface area contributed by atoms with Crippen LogP contribution in [-0.2, 0) is 16.0 Å². The number of halogens is 1. The van der Waals surface area contributed by atoms with Crippen molar-refractivity contribution < 1.29 is 23.5 Å². The molecule has 2 aromatic heterocycles. The summed E-state index contributed by atoms with van der Waals surface area (Å²) >= 11 is 1.15. The van der Waals surface area contributed by atoms with Crippen molar-refractivity contribution in [2.75, 3.05) is 13.2 Å². The number of esters is 1. The van der Waals surface area contributed by atoms with E-state index in [0.717, 1.165) is 48.7 Å². The average molecular weight is 415 g/mol. The first-order chi connectivity index (χ1) is 13.9. The summed E-state index contributed by atoms with van der Waals surface area (Å²) in [4.78, 5) is 25.3. The van der Waals surface area contributed by atoms with Gasteiger partial charge in [0.25, 0.3) is 0 Å². The van der Waals surface area contributed by atoms with Crippen LogP contribution in [0.3, 0.4) is 0 Å². The van der Waals surface area contributed by atoms with E-state index in [4.69, 9.17) is 9.47 Å². The number of hydrogen-bond acceptors (Lipinski definition) is 5. The molecular formula is C22H22FNO4S. The maximum Gasteiger partial charge on any atom is 0.348 e. The highest BCUT2D eigenvalue weighted by atomic mass is 32.1. The fourth-order valence-electron chi connectivity index (χ4n) is 3.76. The summed E-state index contributed by atoms with van der Waals surface area (Å²) in [5, 5.41) is 0.383. The molecular weight excluding hydrogens is 393 g/mol. The molecule has 3 heterocycles. The molecule has 3 aromatic rings. The van der Waals surface area contributed by atoms with Crippen molar-refractivity contribution in [3.05, 3.63) is 58.0 Å². The number of ketones is 1. The van der Waals surface area contributed by atoms with Crippen LogP contribution in [-0.4, -0.2) is 35.6 Å². The van der Waals surface area contributed by atoms with Crippen LogP contribution in [0.25, 0.3) is 10.1 Å². The molecule has 0 radical (unpaired) electrons. The average Bonchev–Trinajstić information content (AvgIpc) is 3.42. The van der Waals surface area contributed by atoms with E-state index in [-0.39, 0.29) is 29.2 Å². The van der Waals surface area contributed by atoms with Crippen LogP contribution in [0.2, 0.25) is 0 Å². The fourth-order valence-corrected chi connectivity index (χ4v) is 4.73. The summed E-state index contributed by atoms with van der Waals surface area (Å²) < 4.78 is 27.5. The molecule has 1 fully saturated rings. The third-order valence-electron chi connectivity index (χ3n) is 5.33. The Bertz CT molecular complexity index is 1080. The molecule has 0 spiro atoms. The molecule has 1 saturated heterocycles. The minimum Gasteiger partial charge on any atom is -0.453 e. The molecule has 0 bridgehead atoms. The van der Waals surface area contributed by atoms with Crippen LogP contribution in [0.4, 0.5) is 4.39 Å². The molecule has 0 unspecified atom stereocenters. The van der Waals surface area contributed by atoms with Gasteiger partial charge in [-0.25, -0.2) is 9.18 Å². The van der Waals surface area contributed by atoms with E-state index in [1.807, 2.05) is 19.9 Å². The number of carbonyl (C=O) groups is 2. The number of Topliss-reactive ketones (excluding diaryl/α,β-unsaturated/α-hetero) is 1. The summed E-state index contributed by atoms with van der Waals surface area (Å²) in [7, 11) is 0. The lowest BCUT2D eigenvalue weighted by Gasteiger charge is -2.14. The molecule has 0 aliphatic carbocycles. The predicted molar refractivity (Wildman–Crippen MR) is 109 cm³/mol. The van der Waals surface area contributed by atoms with Crippen LogP contribution < -0.4 is 0 Å². The van der Waals surface area contributed by atoms with Crippen molar-refractivity contribution >= 4 is 33.2 Å². The van der Waals surface area contributed by atoms with Gasteiger partial charge in [-0.15, -0.1) is 11.3 Å². The zero-order valence-corrected chi connectivity index (χ0v) is 17.2. The first-order valence-corrected chi connectivity index (χ1v) is 10.4.